The van der Waals surface area contributed by atoms with Gasteiger partial charge in [-0.2, -0.15) is 0 Å². The van der Waals surface area contributed by atoms with Crippen molar-refractivity contribution in [3.8, 4) is 11.4 Å². The van der Waals surface area contributed by atoms with Crippen LogP contribution >= 0.6 is 0 Å². The zero-order chi connectivity index (χ0) is 17.8. The van der Waals surface area contributed by atoms with E-state index in [0.717, 1.165) is 5.56 Å². The maximum absolute atomic E-state index is 12.4. The van der Waals surface area contributed by atoms with Crippen molar-refractivity contribution in [3.63, 3.8) is 0 Å². The molecule has 0 bridgehead atoms. The van der Waals surface area contributed by atoms with Gasteiger partial charge in [-0.05, 0) is 46.8 Å². The molecule has 2 aromatic carbocycles. The number of aryl methyl sites for hydroxylation is 1. The fraction of sp³-hybridized carbons (Fsp3) is 0.118. The normalized spacial score (nSPS) is 10.3. The third-order valence-electron chi connectivity index (χ3n) is 3.47. The molecule has 0 unspecified atom stereocenters. The lowest BCUT2D eigenvalue weighted by Crippen LogP contribution is -2.12. The molecule has 0 saturated carbocycles. The minimum atomic E-state index is -0.246. The van der Waals surface area contributed by atoms with Crippen molar-refractivity contribution < 1.29 is 9.59 Å². The molecule has 0 spiro atoms. The summed E-state index contributed by atoms with van der Waals surface area (Å²) in [4.78, 5) is 23.5. The number of rotatable bonds is 4. The van der Waals surface area contributed by atoms with Gasteiger partial charge in [-0.1, -0.05) is 12.1 Å². The number of amides is 2. The molecular weight excluding hydrogens is 320 g/mol. The number of anilines is 2. The summed E-state index contributed by atoms with van der Waals surface area (Å²) in [6, 6.07) is 13.9. The van der Waals surface area contributed by atoms with Gasteiger partial charge in [-0.15, -0.1) is 5.10 Å². The van der Waals surface area contributed by atoms with E-state index in [1.54, 1.807) is 49.5 Å². The number of carbonyl (C=O) groups excluding carboxylic acids is 2. The van der Waals surface area contributed by atoms with E-state index >= 15 is 0 Å². The summed E-state index contributed by atoms with van der Waals surface area (Å²) in [6.07, 6.45) is 0. The highest BCUT2D eigenvalue weighted by Crippen LogP contribution is 2.18. The maximum Gasteiger partial charge on any atom is 0.255 e. The van der Waals surface area contributed by atoms with E-state index in [4.69, 9.17) is 0 Å². The van der Waals surface area contributed by atoms with Gasteiger partial charge >= 0.3 is 0 Å². The van der Waals surface area contributed by atoms with E-state index in [9.17, 15) is 9.59 Å². The molecule has 3 aromatic rings. The van der Waals surface area contributed by atoms with Crippen molar-refractivity contribution in [1.82, 2.24) is 20.2 Å². The van der Waals surface area contributed by atoms with Crippen molar-refractivity contribution in [3.05, 3.63) is 54.1 Å². The van der Waals surface area contributed by atoms with Gasteiger partial charge in [0.1, 0.15) is 0 Å². The number of hydrogen-bond acceptors (Lipinski definition) is 5. The van der Waals surface area contributed by atoms with Crippen LogP contribution in [0.4, 0.5) is 11.4 Å². The van der Waals surface area contributed by atoms with Gasteiger partial charge in [-0.25, -0.2) is 4.68 Å². The number of aromatic nitrogens is 4. The highest BCUT2D eigenvalue weighted by Gasteiger charge is 2.11. The Morgan fingerprint density at radius 3 is 2.28 bits per heavy atom. The second kappa shape index (κ2) is 6.91. The summed E-state index contributed by atoms with van der Waals surface area (Å²) >= 11 is 0. The van der Waals surface area contributed by atoms with Crippen LogP contribution in [-0.4, -0.2) is 32.0 Å². The van der Waals surface area contributed by atoms with Gasteiger partial charge in [0.25, 0.3) is 5.91 Å². The lowest BCUT2D eigenvalue weighted by Gasteiger charge is -2.08. The zero-order valence-electron chi connectivity index (χ0n) is 13.7. The van der Waals surface area contributed by atoms with Gasteiger partial charge in [-0.3, -0.25) is 9.59 Å². The van der Waals surface area contributed by atoms with E-state index in [1.807, 2.05) is 6.07 Å². The van der Waals surface area contributed by atoms with E-state index in [-0.39, 0.29) is 11.8 Å². The molecule has 0 aliphatic carbocycles. The standard InChI is InChI=1S/C17H16N6O2/c1-11(24)18-14-6-8-15(9-7-14)19-17(25)13-5-3-4-12(10-13)16-20-21-22-23(16)2/h3-10H,1-2H3,(H,18,24)(H,19,25). The number of benzene rings is 2. The summed E-state index contributed by atoms with van der Waals surface area (Å²) in [5.41, 5.74) is 2.54. The first-order valence-electron chi connectivity index (χ1n) is 7.55. The average molecular weight is 336 g/mol. The van der Waals surface area contributed by atoms with E-state index in [1.165, 1.54) is 11.6 Å². The van der Waals surface area contributed by atoms with Crippen molar-refractivity contribution in [2.45, 2.75) is 6.92 Å². The van der Waals surface area contributed by atoms with E-state index in [2.05, 4.69) is 26.2 Å². The predicted molar refractivity (Wildman–Crippen MR) is 92.9 cm³/mol. The molecule has 0 aliphatic heterocycles. The quantitative estimate of drug-likeness (QED) is 0.759. The fourth-order valence-corrected chi connectivity index (χ4v) is 2.32. The molecule has 8 heteroatoms. The van der Waals surface area contributed by atoms with Crippen LogP contribution in [0.1, 0.15) is 17.3 Å². The van der Waals surface area contributed by atoms with Gasteiger partial charge in [0.2, 0.25) is 5.91 Å². The Labute approximate surface area is 143 Å². The van der Waals surface area contributed by atoms with E-state index in [0.29, 0.717) is 22.8 Å². The molecule has 0 aliphatic rings. The number of nitrogens with zero attached hydrogens (tertiary/aromatic N) is 4. The van der Waals surface area contributed by atoms with Crippen LogP contribution < -0.4 is 10.6 Å². The number of hydrogen-bond donors (Lipinski definition) is 2. The van der Waals surface area contributed by atoms with Crippen LogP contribution in [0.3, 0.4) is 0 Å². The topological polar surface area (TPSA) is 102 Å². The lowest BCUT2D eigenvalue weighted by atomic mass is 10.1. The third-order valence-corrected chi connectivity index (χ3v) is 3.47. The summed E-state index contributed by atoms with van der Waals surface area (Å²) in [5, 5.41) is 16.8. The molecule has 1 aromatic heterocycles. The van der Waals surface area contributed by atoms with E-state index < -0.39 is 0 Å². The molecule has 3 rings (SSSR count). The molecule has 25 heavy (non-hydrogen) atoms. The summed E-state index contributed by atoms with van der Waals surface area (Å²) in [5.74, 6) is 0.186. The Morgan fingerprint density at radius 1 is 1.00 bits per heavy atom. The Kier molecular flexibility index (Phi) is 4.51. The van der Waals surface area contributed by atoms with Crippen LogP contribution in [0.25, 0.3) is 11.4 Å². The SMILES string of the molecule is CC(=O)Nc1ccc(NC(=O)c2cccc(-c3nnnn3C)c2)cc1. The first-order valence-corrected chi connectivity index (χ1v) is 7.55. The second-order valence-electron chi connectivity index (χ2n) is 5.42. The van der Waals surface area contributed by atoms with Gasteiger partial charge < -0.3 is 10.6 Å². The van der Waals surface area contributed by atoms with Crippen LogP contribution in [0, 0.1) is 0 Å². The molecule has 0 fully saturated rings. The van der Waals surface area contributed by atoms with Crippen LogP contribution in [0.15, 0.2) is 48.5 Å². The predicted octanol–water partition coefficient (Wildman–Crippen LogP) is 2.09. The van der Waals surface area contributed by atoms with Crippen molar-refractivity contribution in [2.24, 2.45) is 7.05 Å². The summed E-state index contributed by atoms with van der Waals surface area (Å²) in [6.45, 7) is 1.44. The monoisotopic (exact) mass is 336 g/mol. The van der Waals surface area contributed by atoms with Gasteiger partial charge in [0.05, 0.1) is 0 Å². The molecule has 2 N–H and O–H groups in total. The van der Waals surface area contributed by atoms with Crippen LogP contribution in [0.2, 0.25) is 0 Å². The second-order valence-corrected chi connectivity index (χ2v) is 5.42. The Morgan fingerprint density at radius 2 is 1.68 bits per heavy atom. The first kappa shape index (κ1) is 16.3. The highest BCUT2D eigenvalue weighted by molar-refractivity contribution is 6.05. The van der Waals surface area contributed by atoms with Gasteiger partial charge in [0.15, 0.2) is 5.82 Å². The highest BCUT2D eigenvalue weighted by atomic mass is 16.2. The minimum Gasteiger partial charge on any atom is -0.326 e. The van der Waals surface area contributed by atoms with Crippen LogP contribution in [-0.2, 0) is 11.8 Å². The van der Waals surface area contributed by atoms with Crippen molar-refractivity contribution in [2.75, 3.05) is 10.6 Å². The maximum atomic E-state index is 12.4. The average Bonchev–Trinajstić information content (AvgIpc) is 3.02. The smallest absolute Gasteiger partial charge is 0.255 e. The summed E-state index contributed by atoms with van der Waals surface area (Å²) < 4.78 is 1.54. The Bertz CT molecular complexity index is 917. The van der Waals surface area contributed by atoms with Crippen molar-refractivity contribution >= 4 is 23.2 Å². The molecule has 8 nitrogen and oxygen atoms in total. The Balaban J connectivity index is 1.75. The molecular formula is C17H16N6O2. The molecule has 0 atom stereocenters. The zero-order valence-corrected chi connectivity index (χ0v) is 13.7. The van der Waals surface area contributed by atoms with Crippen LogP contribution in [0.5, 0.6) is 0 Å². The Hall–Kier alpha value is -3.55. The lowest BCUT2D eigenvalue weighted by molar-refractivity contribution is -0.114. The molecule has 126 valence electrons. The van der Waals surface area contributed by atoms with Gasteiger partial charge in [0, 0.05) is 36.5 Å². The summed E-state index contributed by atoms with van der Waals surface area (Å²) in [7, 11) is 1.73. The fourth-order valence-electron chi connectivity index (χ4n) is 2.32. The third kappa shape index (κ3) is 3.86. The van der Waals surface area contributed by atoms with Crippen molar-refractivity contribution in [1.29, 1.82) is 0 Å². The molecule has 1 heterocycles. The number of carbonyl (C=O) groups is 2. The molecule has 0 saturated heterocycles. The molecule has 0 radical (unpaired) electrons. The number of tetrazole rings is 1. The largest absolute Gasteiger partial charge is 0.326 e. The number of nitrogens with one attached hydrogen (secondary N) is 2. The first-order chi connectivity index (χ1) is 12.0. The molecule has 2 amide bonds. The minimum absolute atomic E-state index is 0.146.